The van der Waals surface area contributed by atoms with E-state index in [1.165, 1.54) is 20.8 Å². The summed E-state index contributed by atoms with van der Waals surface area (Å²) in [5.74, 6) is 0. The van der Waals surface area contributed by atoms with Gasteiger partial charge in [0, 0.05) is 0 Å². The molecule has 8 nitrogen and oxygen atoms in total. The third kappa shape index (κ3) is 8.74. The van der Waals surface area contributed by atoms with E-state index in [9.17, 15) is 25.5 Å². The summed E-state index contributed by atoms with van der Waals surface area (Å²) in [6.45, 7) is 10.9. The van der Waals surface area contributed by atoms with E-state index in [4.69, 9.17) is 14.2 Å². The number of ether oxygens (including phenoxy) is 3. The van der Waals surface area contributed by atoms with Crippen LogP contribution in [0.25, 0.3) is 0 Å². The number of aliphatic hydroxyl groups is 5. The van der Waals surface area contributed by atoms with Gasteiger partial charge in [0.05, 0.1) is 36.6 Å². The largest absolute Gasteiger partial charge is 0.391 e. The van der Waals surface area contributed by atoms with Gasteiger partial charge in [0.25, 0.3) is 0 Å². The molecule has 0 rings (SSSR count). The van der Waals surface area contributed by atoms with Crippen LogP contribution < -0.4 is 0 Å². The van der Waals surface area contributed by atoms with Crippen molar-refractivity contribution in [1.82, 2.24) is 0 Å². The van der Waals surface area contributed by atoms with Gasteiger partial charge in [-0.3, -0.25) is 0 Å². The molecule has 5 N–H and O–H groups in total. The molecule has 0 saturated carbocycles. The van der Waals surface area contributed by atoms with Gasteiger partial charge in [0.1, 0.15) is 18.3 Å². The van der Waals surface area contributed by atoms with Crippen LogP contribution in [0.15, 0.2) is 0 Å². The van der Waals surface area contributed by atoms with E-state index >= 15 is 0 Å². The normalized spacial score (nSPS) is 24.5. The number of hydrogen-bond acceptors (Lipinski definition) is 8. The van der Waals surface area contributed by atoms with Crippen molar-refractivity contribution in [3.8, 4) is 0 Å². The van der Waals surface area contributed by atoms with E-state index in [1.807, 2.05) is 0 Å². The molecule has 0 aromatic heterocycles. The van der Waals surface area contributed by atoms with Crippen LogP contribution in [0.1, 0.15) is 48.5 Å². The minimum atomic E-state index is -1.15. The maximum Gasteiger partial charge on any atom is 0.184 e. The van der Waals surface area contributed by atoms with Crippen LogP contribution >= 0.6 is 0 Å². The highest BCUT2D eigenvalue weighted by Crippen LogP contribution is 2.19. The minimum absolute atomic E-state index is 0.471. The van der Waals surface area contributed by atoms with Crippen LogP contribution in [0.5, 0.6) is 0 Å². The van der Waals surface area contributed by atoms with E-state index in [2.05, 4.69) is 0 Å². The summed E-state index contributed by atoms with van der Waals surface area (Å²) in [6, 6.07) is 0. The summed E-state index contributed by atoms with van der Waals surface area (Å²) in [7, 11) is 0. The van der Waals surface area contributed by atoms with Gasteiger partial charge in [0.15, 0.2) is 6.29 Å². The molecule has 0 spiro atoms. The van der Waals surface area contributed by atoms with Gasteiger partial charge in [-0.15, -0.1) is 0 Å². The highest BCUT2D eigenvalue weighted by molar-refractivity contribution is 4.77. The number of hydrogen-bond donors (Lipinski definition) is 5. The van der Waals surface area contributed by atoms with Crippen LogP contribution in [0.3, 0.4) is 0 Å². The molecule has 25 heavy (non-hydrogen) atoms. The van der Waals surface area contributed by atoms with Crippen molar-refractivity contribution in [3.05, 3.63) is 0 Å². The Labute approximate surface area is 150 Å². The molecule has 8 heteroatoms. The Morgan fingerprint density at radius 2 is 1.00 bits per heavy atom. The second-order valence-corrected chi connectivity index (χ2v) is 6.81. The van der Waals surface area contributed by atoms with Gasteiger partial charge in [-0.1, -0.05) is 0 Å². The Bertz CT molecular complexity index is 348. The zero-order valence-electron chi connectivity index (χ0n) is 16.2. The quantitative estimate of drug-likeness (QED) is 0.299. The van der Waals surface area contributed by atoms with Crippen molar-refractivity contribution < 1.29 is 39.7 Å². The average Bonchev–Trinajstić information content (AvgIpc) is 2.48. The molecule has 0 aliphatic rings. The third-order valence-electron chi connectivity index (χ3n) is 4.06. The van der Waals surface area contributed by atoms with Crippen LogP contribution in [0.4, 0.5) is 0 Å². The molecule has 0 bridgehead atoms. The first-order valence-corrected chi connectivity index (χ1v) is 8.75. The van der Waals surface area contributed by atoms with Crippen molar-refractivity contribution in [1.29, 1.82) is 0 Å². The molecule has 0 aliphatic carbocycles. The van der Waals surface area contributed by atoms with Gasteiger partial charge in [-0.2, -0.15) is 0 Å². The molecule has 6 unspecified atom stereocenters. The molecule has 0 fully saturated rings. The van der Waals surface area contributed by atoms with E-state index in [0.29, 0.717) is 0 Å². The number of rotatable bonds is 12. The topological polar surface area (TPSA) is 129 Å². The molecular weight excluding hydrogens is 332 g/mol. The first-order chi connectivity index (χ1) is 11.4. The third-order valence-corrected chi connectivity index (χ3v) is 4.06. The lowest BCUT2D eigenvalue weighted by Gasteiger charge is -2.35. The van der Waals surface area contributed by atoms with Crippen LogP contribution in [-0.4, -0.2) is 86.8 Å². The molecule has 0 aromatic carbocycles. The van der Waals surface area contributed by atoms with E-state index in [1.54, 1.807) is 27.7 Å². The van der Waals surface area contributed by atoms with Crippen LogP contribution in [-0.2, 0) is 14.2 Å². The van der Waals surface area contributed by atoms with Gasteiger partial charge in [0.2, 0.25) is 0 Å². The molecule has 0 radical (unpaired) electrons. The molecule has 0 saturated heterocycles. The molecule has 0 aromatic rings. The molecule has 0 aliphatic heterocycles. The standard InChI is InChI=1S/C17H36O8/c1-8(18)12(5)23-14(7)16(10(3)20)25-17(11(4)21)24-13(6)15(22)9(2)19/h8-22H,1-7H3/t8-,9+,10+,11-,12?,13?,14?,15?,16?,17?/m0/s1. The fourth-order valence-electron chi connectivity index (χ4n) is 2.24. The second-order valence-electron chi connectivity index (χ2n) is 6.81. The van der Waals surface area contributed by atoms with Gasteiger partial charge < -0.3 is 39.7 Å². The summed E-state index contributed by atoms with van der Waals surface area (Å²) >= 11 is 0. The Morgan fingerprint density at radius 1 is 0.480 bits per heavy atom. The van der Waals surface area contributed by atoms with Crippen LogP contribution in [0.2, 0.25) is 0 Å². The molecule has 0 amide bonds. The predicted molar refractivity (Wildman–Crippen MR) is 91.9 cm³/mol. The summed E-state index contributed by atoms with van der Waals surface area (Å²) < 4.78 is 16.9. The minimum Gasteiger partial charge on any atom is -0.391 e. The molecule has 10 atom stereocenters. The van der Waals surface area contributed by atoms with Crippen molar-refractivity contribution in [2.45, 2.75) is 110 Å². The Hall–Kier alpha value is -0.320. The van der Waals surface area contributed by atoms with Gasteiger partial charge >= 0.3 is 0 Å². The smallest absolute Gasteiger partial charge is 0.184 e. The fourth-order valence-corrected chi connectivity index (χ4v) is 2.24. The lowest BCUT2D eigenvalue weighted by molar-refractivity contribution is -0.273. The Morgan fingerprint density at radius 3 is 1.36 bits per heavy atom. The van der Waals surface area contributed by atoms with Gasteiger partial charge in [-0.05, 0) is 48.5 Å². The second kappa shape index (κ2) is 11.4. The molecular formula is C17H36O8. The predicted octanol–water partition coefficient (Wildman–Crippen LogP) is -0.219. The zero-order valence-corrected chi connectivity index (χ0v) is 16.2. The van der Waals surface area contributed by atoms with Crippen molar-refractivity contribution in [2.75, 3.05) is 0 Å². The van der Waals surface area contributed by atoms with Gasteiger partial charge in [-0.25, -0.2) is 0 Å². The lowest BCUT2D eigenvalue weighted by Crippen LogP contribution is -2.48. The van der Waals surface area contributed by atoms with Crippen molar-refractivity contribution in [3.63, 3.8) is 0 Å². The van der Waals surface area contributed by atoms with E-state index < -0.39 is 61.2 Å². The summed E-state index contributed by atoms with van der Waals surface area (Å²) in [4.78, 5) is 0. The summed E-state index contributed by atoms with van der Waals surface area (Å²) in [5, 5.41) is 48.7. The SMILES string of the molecule is CC(OC(OC(C(C)OC(C)[C@H](C)O)[C@@H](C)O)[C@H](C)O)C(O)[C@@H](C)O. The molecule has 0 heterocycles. The van der Waals surface area contributed by atoms with Crippen LogP contribution in [0, 0.1) is 0 Å². The van der Waals surface area contributed by atoms with E-state index in [0.717, 1.165) is 0 Å². The maximum atomic E-state index is 10.0. The van der Waals surface area contributed by atoms with Crippen molar-refractivity contribution >= 4 is 0 Å². The monoisotopic (exact) mass is 368 g/mol. The Kier molecular flexibility index (Phi) is 11.3. The first-order valence-electron chi connectivity index (χ1n) is 8.75. The highest BCUT2D eigenvalue weighted by Gasteiger charge is 2.33. The average molecular weight is 368 g/mol. The van der Waals surface area contributed by atoms with Crippen molar-refractivity contribution in [2.24, 2.45) is 0 Å². The van der Waals surface area contributed by atoms with E-state index in [-0.39, 0.29) is 0 Å². The lowest BCUT2D eigenvalue weighted by atomic mass is 10.1. The fraction of sp³-hybridized carbons (Fsp3) is 1.00. The zero-order chi connectivity index (χ0) is 19.9. The molecule has 152 valence electrons. The maximum absolute atomic E-state index is 10.0. The highest BCUT2D eigenvalue weighted by atomic mass is 16.7. The first kappa shape index (κ1) is 24.7. The Balaban J connectivity index is 5.02. The number of aliphatic hydroxyl groups excluding tert-OH is 5. The summed E-state index contributed by atoms with van der Waals surface area (Å²) in [5.41, 5.74) is 0. The summed E-state index contributed by atoms with van der Waals surface area (Å²) in [6.07, 6.45) is -8.68.